The van der Waals surface area contributed by atoms with Crippen LogP contribution in [-0.2, 0) is 10.4 Å². The van der Waals surface area contributed by atoms with E-state index in [0.717, 1.165) is 0 Å². The SMILES string of the molecule is CC(C)(ON)c1ccc(O)c(O)c1O. The molecule has 0 radical (unpaired) electrons. The number of benzene rings is 1. The molecule has 1 rings (SSSR count). The van der Waals surface area contributed by atoms with Gasteiger partial charge in [0.15, 0.2) is 11.5 Å². The van der Waals surface area contributed by atoms with Crippen molar-refractivity contribution in [1.29, 1.82) is 0 Å². The third-order valence-corrected chi connectivity index (χ3v) is 2.07. The van der Waals surface area contributed by atoms with Gasteiger partial charge in [0, 0.05) is 5.56 Å². The zero-order valence-corrected chi connectivity index (χ0v) is 7.98. The lowest BCUT2D eigenvalue weighted by Crippen LogP contribution is -2.25. The van der Waals surface area contributed by atoms with E-state index in [0.29, 0.717) is 5.56 Å². The first-order valence-electron chi connectivity index (χ1n) is 4.02. The van der Waals surface area contributed by atoms with Crippen molar-refractivity contribution in [1.82, 2.24) is 0 Å². The van der Waals surface area contributed by atoms with E-state index >= 15 is 0 Å². The zero-order chi connectivity index (χ0) is 10.9. The summed E-state index contributed by atoms with van der Waals surface area (Å²) in [7, 11) is 0. The lowest BCUT2D eigenvalue weighted by atomic mass is 9.96. The molecule has 5 nitrogen and oxygen atoms in total. The number of aromatic hydroxyl groups is 3. The van der Waals surface area contributed by atoms with Crippen LogP contribution in [0.15, 0.2) is 12.1 Å². The normalized spacial score (nSPS) is 11.6. The molecule has 1 aromatic rings. The van der Waals surface area contributed by atoms with E-state index in [1.165, 1.54) is 12.1 Å². The van der Waals surface area contributed by atoms with E-state index in [1.54, 1.807) is 13.8 Å². The van der Waals surface area contributed by atoms with Crippen molar-refractivity contribution >= 4 is 0 Å². The largest absolute Gasteiger partial charge is 0.504 e. The summed E-state index contributed by atoms with van der Waals surface area (Å²) in [5.74, 6) is 3.64. The van der Waals surface area contributed by atoms with Gasteiger partial charge in [-0.05, 0) is 26.0 Å². The molecule has 0 aliphatic rings. The smallest absolute Gasteiger partial charge is 0.200 e. The maximum Gasteiger partial charge on any atom is 0.200 e. The average molecular weight is 199 g/mol. The van der Waals surface area contributed by atoms with Gasteiger partial charge in [-0.1, -0.05) is 0 Å². The van der Waals surface area contributed by atoms with Gasteiger partial charge in [-0.3, -0.25) is 4.84 Å². The Kier molecular flexibility index (Phi) is 2.55. The van der Waals surface area contributed by atoms with E-state index in [2.05, 4.69) is 4.84 Å². The van der Waals surface area contributed by atoms with Crippen molar-refractivity contribution in [3.8, 4) is 17.2 Å². The Balaban J connectivity index is 3.31. The van der Waals surface area contributed by atoms with Crippen LogP contribution in [0.25, 0.3) is 0 Å². The molecule has 0 spiro atoms. The van der Waals surface area contributed by atoms with Gasteiger partial charge < -0.3 is 15.3 Å². The molecule has 5 N–H and O–H groups in total. The van der Waals surface area contributed by atoms with Crippen LogP contribution in [0.2, 0.25) is 0 Å². The molecule has 0 amide bonds. The van der Waals surface area contributed by atoms with Gasteiger partial charge in [0.25, 0.3) is 0 Å². The highest BCUT2D eigenvalue weighted by Gasteiger charge is 2.26. The van der Waals surface area contributed by atoms with Crippen LogP contribution >= 0.6 is 0 Å². The summed E-state index contributed by atoms with van der Waals surface area (Å²) in [4.78, 5) is 4.65. The fourth-order valence-electron chi connectivity index (χ4n) is 1.12. The Hall–Kier alpha value is -1.46. The van der Waals surface area contributed by atoms with Gasteiger partial charge in [-0.15, -0.1) is 0 Å². The van der Waals surface area contributed by atoms with Gasteiger partial charge in [-0.25, -0.2) is 5.90 Å². The molecule has 0 heterocycles. The predicted molar refractivity (Wildman–Crippen MR) is 49.7 cm³/mol. The van der Waals surface area contributed by atoms with E-state index < -0.39 is 17.1 Å². The first-order valence-corrected chi connectivity index (χ1v) is 4.02. The van der Waals surface area contributed by atoms with E-state index in [4.69, 9.17) is 11.0 Å². The maximum atomic E-state index is 9.50. The number of phenols is 3. The number of rotatable bonds is 2. The Labute approximate surface area is 81.3 Å². The molecular formula is C9H13NO4. The Morgan fingerprint density at radius 1 is 1.14 bits per heavy atom. The van der Waals surface area contributed by atoms with Crippen molar-refractivity contribution < 1.29 is 20.2 Å². The second-order valence-corrected chi connectivity index (χ2v) is 3.46. The molecule has 0 atom stereocenters. The minimum atomic E-state index is -0.935. The van der Waals surface area contributed by atoms with Crippen molar-refractivity contribution in [2.24, 2.45) is 5.90 Å². The molecule has 0 saturated carbocycles. The third-order valence-electron chi connectivity index (χ3n) is 2.07. The van der Waals surface area contributed by atoms with Crippen molar-refractivity contribution in [2.45, 2.75) is 19.4 Å². The zero-order valence-electron chi connectivity index (χ0n) is 7.98. The van der Waals surface area contributed by atoms with Crippen LogP contribution in [0, 0.1) is 0 Å². The molecular weight excluding hydrogens is 186 g/mol. The van der Waals surface area contributed by atoms with E-state index in [-0.39, 0.29) is 5.75 Å². The van der Waals surface area contributed by atoms with Crippen molar-refractivity contribution in [3.05, 3.63) is 17.7 Å². The van der Waals surface area contributed by atoms with Crippen LogP contribution in [0.5, 0.6) is 17.2 Å². The second-order valence-electron chi connectivity index (χ2n) is 3.46. The summed E-state index contributed by atoms with van der Waals surface area (Å²) >= 11 is 0. The molecule has 1 aromatic carbocycles. The molecule has 0 aromatic heterocycles. The van der Waals surface area contributed by atoms with Crippen LogP contribution in [0.3, 0.4) is 0 Å². The molecule has 0 unspecified atom stereocenters. The van der Waals surface area contributed by atoms with Crippen LogP contribution < -0.4 is 5.90 Å². The van der Waals surface area contributed by atoms with Gasteiger partial charge in [0.2, 0.25) is 5.75 Å². The summed E-state index contributed by atoms with van der Waals surface area (Å²) in [6.45, 7) is 3.25. The number of hydrogen-bond donors (Lipinski definition) is 4. The Bertz CT molecular complexity index is 349. The quantitative estimate of drug-likeness (QED) is 0.419. The van der Waals surface area contributed by atoms with Crippen LogP contribution in [0.4, 0.5) is 0 Å². The summed E-state index contributed by atoms with van der Waals surface area (Å²) in [5.41, 5.74) is -0.634. The monoisotopic (exact) mass is 199 g/mol. The molecule has 0 aliphatic carbocycles. The highest BCUT2D eigenvalue weighted by molar-refractivity contribution is 5.54. The molecule has 0 aliphatic heterocycles. The standard InChI is InChI=1S/C9H13NO4/c1-9(2,14-10)5-3-4-6(11)8(13)7(5)12/h3-4,11-13H,10H2,1-2H3. The lowest BCUT2D eigenvalue weighted by molar-refractivity contribution is -0.0252. The number of phenolic OH excluding ortho intramolecular Hbond substituents is 3. The van der Waals surface area contributed by atoms with Crippen molar-refractivity contribution in [3.63, 3.8) is 0 Å². The lowest BCUT2D eigenvalue weighted by Gasteiger charge is -2.23. The van der Waals surface area contributed by atoms with E-state index in [9.17, 15) is 10.2 Å². The van der Waals surface area contributed by atoms with E-state index in [1.807, 2.05) is 0 Å². The first kappa shape index (κ1) is 10.6. The fraction of sp³-hybridized carbons (Fsp3) is 0.333. The maximum absolute atomic E-state index is 9.50. The summed E-state index contributed by atoms with van der Waals surface area (Å²) in [6.07, 6.45) is 0. The molecule has 78 valence electrons. The highest BCUT2D eigenvalue weighted by atomic mass is 16.6. The summed E-state index contributed by atoms with van der Waals surface area (Å²) < 4.78 is 0. The topological polar surface area (TPSA) is 95.9 Å². The predicted octanol–water partition coefficient (Wildman–Crippen LogP) is 0.929. The molecule has 0 bridgehead atoms. The minimum Gasteiger partial charge on any atom is -0.504 e. The fourth-order valence-corrected chi connectivity index (χ4v) is 1.12. The number of hydrogen-bond acceptors (Lipinski definition) is 5. The van der Waals surface area contributed by atoms with Crippen LogP contribution in [-0.4, -0.2) is 15.3 Å². The average Bonchev–Trinajstić information content (AvgIpc) is 2.14. The molecule has 5 heteroatoms. The highest BCUT2D eigenvalue weighted by Crippen LogP contribution is 2.42. The van der Waals surface area contributed by atoms with Gasteiger partial charge in [0.1, 0.15) is 5.60 Å². The van der Waals surface area contributed by atoms with Crippen molar-refractivity contribution in [2.75, 3.05) is 0 Å². The van der Waals surface area contributed by atoms with Crippen LogP contribution in [0.1, 0.15) is 19.4 Å². The first-order chi connectivity index (χ1) is 6.40. The Morgan fingerprint density at radius 2 is 1.71 bits per heavy atom. The molecule has 14 heavy (non-hydrogen) atoms. The molecule has 0 fully saturated rings. The Morgan fingerprint density at radius 3 is 2.21 bits per heavy atom. The second kappa shape index (κ2) is 3.36. The van der Waals surface area contributed by atoms with Gasteiger partial charge >= 0.3 is 0 Å². The number of nitrogens with two attached hydrogens (primary N) is 1. The van der Waals surface area contributed by atoms with Gasteiger partial charge in [0.05, 0.1) is 0 Å². The minimum absolute atomic E-state index is 0.301. The molecule has 0 saturated heterocycles. The third kappa shape index (κ3) is 1.59. The van der Waals surface area contributed by atoms with Gasteiger partial charge in [-0.2, -0.15) is 0 Å². The summed E-state index contributed by atoms with van der Waals surface area (Å²) in [5, 5.41) is 27.8. The summed E-state index contributed by atoms with van der Waals surface area (Å²) in [6, 6.07) is 2.68.